The van der Waals surface area contributed by atoms with E-state index in [1.165, 1.54) is 0 Å². The van der Waals surface area contributed by atoms with Crippen molar-refractivity contribution >= 4 is 11.3 Å². The van der Waals surface area contributed by atoms with Gasteiger partial charge in [0.05, 0.1) is 5.71 Å². The summed E-state index contributed by atoms with van der Waals surface area (Å²) in [6, 6.07) is 13.6. The second kappa shape index (κ2) is 5.93. The first kappa shape index (κ1) is 13.7. The minimum absolute atomic E-state index is 0.198. The van der Waals surface area contributed by atoms with Gasteiger partial charge >= 0.3 is 0 Å². The quantitative estimate of drug-likeness (QED) is 0.455. The molecular formula is C16H16N2O2. The molecule has 2 rings (SSSR count). The number of phenols is 2. The van der Waals surface area contributed by atoms with Gasteiger partial charge in [-0.15, -0.1) is 0 Å². The Balaban J connectivity index is 2.31. The molecule has 0 aliphatic carbocycles. The third-order valence-corrected chi connectivity index (χ3v) is 2.98. The van der Waals surface area contributed by atoms with Crippen molar-refractivity contribution in [2.24, 2.45) is 10.9 Å². The van der Waals surface area contributed by atoms with Crippen LogP contribution in [0.4, 0.5) is 0 Å². The molecule has 0 atom stereocenters. The SMILES string of the molecule is C/C(=C/C(=N/N)c1ccc(O)cc1)c1ccc(O)cc1. The van der Waals surface area contributed by atoms with Gasteiger partial charge in [0.2, 0.25) is 0 Å². The fraction of sp³-hybridized carbons (Fsp3) is 0.0625. The number of nitrogens with zero attached hydrogens (tertiary/aromatic N) is 1. The van der Waals surface area contributed by atoms with Crippen molar-refractivity contribution in [3.8, 4) is 11.5 Å². The summed E-state index contributed by atoms with van der Waals surface area (Å²) in [6.07, 6.45) is 1.86. The molecule has 4 N–H and O–H groups in total. The number of phenolic OH excluding ortho intramolecular Hbond substituents is 2. The molecule has 0 saturated carbocycles. The van der Waals surface area contributed by atoms with Gasteiger partial charge in [0, 0.05) is 5.56 Å². The summed E-state index contributed by atoms with van der Waals surface area (Å²) >= 11 is 0. The summed E-state index contributed by atoms with van der Waals surface area (Å²) < 4.78 is 0. The van der Waals surface area contributed by atoms with Crippen molar-refractivity contribution in [1.29, 1.82) is 0 Å². The number of aromatic hydroxyl groups is 2. The van der Waals surface area contributed by atoms with E-state index in [0.717, 1.165) is 16.7 Å². The van der Waals surface area contributed by atoms with Crippen molar-refractivity contribution in [1.82, 2.24) is 0 Å². The van der Waals surface area contributed by atoms with Crippen LogP contribution in [0.15, 0.2) is 59.7 Å². The molecule has 0 bridgehead atoms. The molecule has 0 saturated heterocycles. The van der Waals surface area contributed by atoms with E-state index >= 15 is 0 Å². The van der Waals surface area contributed by atoms with E-state index in [0.29, 0.717) is 5.71 Å². The lowest BCUT2D eigenvalue weighted by Crippen LogP contribution is -2.01. The van der Waals surface area contributed by atoms with E-state index in [4.69, 9.17) is 5.84 Å². The van der Waals surface area contributed by atoms with E-state index in [9.17, 15) is 10.2 Å². The predicted octanol–water partition coefficient (Wildman–Crippen LogP) is 2.86. The van der Waals surface area contributed by atoms with Crippen LogP contribution in [0.25, 0.3) is 5.57 Å². The molecular weight excluding hydrogens is 252 g/mol. The van der Waals surface area contributed by atoms with E-state index in [1.807, 2.05) is 25.1 Å². The van der Waals surface area contributed by atoms with Crippen LogP contribution in [-0.2, 0) is 0 Å². The zero-order chi connectivity index (χ0) is 14.5. The topological polar surface area (TPSA) is 78.8 Å². The molecule has 0 fully saturated rings. The third-order valence-electron chi connectivity index (χ3n) is 2.98. The Bertz CT molecular complexity index is 641. The van der Waals surface area contributed by atoms with Crippen molar-refractivity contribution in [2.75, 3.05) is 0 Å². The lowest BCUT2D eigenvalue weighted by molar-refractivity contribution is 0.474. The second-order valence-electron chi connectivity index (χ2n) is 4.44. The lowest BCUT2D eigenvalue weighted by atomic mass is 10.0. The van der Waals surface area contributed by atoms with Crippen LogP contribution in [0.2, 0.25) is 0 Å². The van der Waals surface area contributed by atoms with Gasteiger partial charge in [-0.05, 0) is 60.5 Å². The molecule has 4 heteroatoms. The van der Waals surface area contributed by atoms with Gasteiger partial charge in [0.25, 0.3) is 0 Å². The summed E-state index contributed by atoms with van der Waals surface area (Å²) in [5.41, 5.74) is 3.39. The van der Waals surface area contributed by atoms with Gasteiger partial charge in [-0.2, -0.15) is 5.10 Å². The Morgan fingerprint density at radius 3 is 1.80 bits per heavy atom. The second-order valence-corrected chi connectivity index (χ2v) is 4.44. The number of hydrogen-bond acceptors (Lipinski definition) is 4. The smallest absolute Gasteiger partial charge is 0.115 e. The van der Waals surface area contributed by atoms with Crippen LogP contribution >= 0.6 is 0 Å². The highest BCUT2D eigenvalue weighted by molar-refractivity contribution is 6.12. The summed E-state index contributed by atoms with van der Waals surface area (Å²) in [6.45, 7) is 1.94. The van der Waals surface area contributed by atoms with Crippen molar-refractivity contribution < 1.29 is 10.2 Å². The average Bonchev–Trinajstić information content (AvgIpc) is 2.46. The van der Waals surface area contributed by atoms with Crippen LogP contribution in [0.3, 0.4) is 0 Å². The summed E-state index contributed by atoms with van der Waals surface area (Å²) in [5, 5.41) is 22.4. The molecule has 2 aromatic rings. The van der Waals surface area contributed by atoms with Crippen LogP contribution in [0.5, 0.6) is 11.5 Å². The maximum absolute atomic E-state index is 9.29. The molecule has 0 radical (unpaired) electrons. The number of hydrazone groups is 1. The monoisotopic (exact) mass is 268 g/mol. The van der Waals surface area contributed by atoms with E-state index < -0.39 is 0 Å². The molecule has 0 heterocycles. The summed E-state index contributed by atoms with van der Waals surface area (Å²) in [5.74, 6) is 5.86. The lowest BCUT2D eigenvalue weighted by Gasteiger charge is -2.05. The maximum atomic E-state index is 9.29. The third kappa shape index (κ3) is 3.17. The Kier molecular flexibility index (Phi) is 4.05. The normalized spacial score (nSPS) is 12.4. The molecule has 0 aliphatic rings. The van der Waals surface area contributed by atoms with Gasteiger partial charge < -0.3 is 16.1 Å². The van der Waals surface area contributed by atoms with Crippen LogP contribution in [-0.4, -0.2) is 15.9 Å². The summed E-state index contributed by atoms with van der Waals surface area (Å²) in [7, 11) is 0. The van der Waals surface area contributed by atoms with Gasteiger partial charge in [0.1, 0.15) is 11.5 Å². The Labute approximate surface area is 117 Å². The largest absolute Gasteiger partial charge is 0.508 e. The van der Waals surface area contributed by atoms with Gasteiger partial charge in [-0.25, -0.2) is 0 Å². The van der Waals surface area contributed by atoms with E-state index in [1.54, 1.807) is 36.4 Å². The highest BCUT2D eigenvalue weighted by Crippen LogP contribution is 2.19. The Hall–Kier alpha value is -2.75. The molecule has 0 aromatic heterocycles. The Morgan fingerprint density at radius 2 is 1.35 bits per heavy atom. The minimum Gasteiger partial charge on any atom is -0.508 e. The van der Waals surface area contributed by atoms with Gasteiger partial charge in [-0.1, -0.05) is 12.1 Å². The molecule has 0 amide bonds. The zero-order valence-corrected chi connectivity index (χ0v) is 11.1. The molecule has 0 unspecified atom stereocenters. The number of rotatable bonds is 3. The van der Waals surface area contributed by atoms with Crippen molar-refractivity contribution in [2.45, 2.75) is 6.92 Å². The van der Waals surface area contributed by atoms with Gasteiger partial charge in [-0.3, -0.25) is 0 Å². The maximum Gasteiger partial charge on any atom is 0.115 e. The van der Waals surface area contributed by atoms with Crippen molar-refractivity contribution in [3.63, 3.8) is 0 Å². The van der Waals surface area contributed by atoms with Crippen LogP contribution < -0.4 is 5.84 Å². The fourth-order valence-corrected chi connectivity index (χ4v) is 1.84. The molecule has 0 aliphatic heterocycles. The molecule has 20 heavy (non-hydrogen) atoms. The number of nitrogens with two attached hydrogens (primary N) is 1. The van der Waals surface area contributed by atoms with Crippen molar-refractivity contribution in [3.05, 3.63) is 65.7 Å². The molecule has 102 valence electrons. The predicted molar refractivity (Wildman–Crippen MR) is 80.6 cm³/mol. The van der Waals surface area contributed by atoms with Gasteiger partial charge in [0.15, 0.2) is 0 Å². The molecule has 0 spiro atoms. The molecule has 4 nitrogen and oxygen atoms in total. The highest BCUT2D eigenvalue weighted by atomic mass is 16.3. The standard InChI is InChI=1S/C16H16N2O2/c1-11(12-2-6-14(19)7-3-12)10-16(18-17)13-4-8-15(20)9-5-13/h2-10,19-20H,17H2,1H3/b11-10-,18-16-. The first-order valence-electron chi connectivity index (χ1n) is 6.15. The van der Waals surface area contributed by atoms with Crippen LogP contribution in [0.1, 0.15) is 18.1 Å². The first-order valence-corrected chi connectivity index (χ1v) is 6.15. The minimum atomic E-state index is 0.198. The average molecular weight is 268 g/mol. The number of allylic oxidation sites excluding steroid dienone is 2. The highest BCUT2D eigenvalue weighted by Gasteiger charge is 2.03. The molecule has 2 aromatic carbocycles. The number of benzene rings is 2. The fourth-order valence-electron chi connectivity index (χ4n) is 1.84. The zero-order valence-electron chi connectivity index (χ0n) is 11.1. The van der Waals surface area contributed by atoms with Crippen LogP contribution in [0, 0.1) is 0 Å². The van der Waals surface area contributed by atoms with E-state index in [-0.39, 0.29) is 11.5 Å². The van der Waals surface area contributed by atoms with E-state index in [2.05, 4.69) is 5.10 Å². The first-order chi connectivity index (χ1) is 9.60. The number of hydrogen-bond donors (Lipinski definition) is 3. The summed E-state index contributed by atoms with van der Waals surface area (Å²) in [4.78, 5) is 0. The Morgan fingerprint density at radius 1 is 0.900 bits per heavy atom.